The summed E-state index contributed by atoms with van der Waals surface area (Å²) in [5.74, 6) is 0. The van der Waals surface area contributed by atoms with Crippen LogP contribution in [-0.2, 0) is 12.0 Å². The molecular weight excluding hydrogens is 653 g/mol. The Morgan fingerprint density at radius 3 is 2.37 bits per heavy atom. The molecule has 1 atom stereocenters. The zero-order valence-electron chi connectivity index (χ0n) is 32.8. The van der Waals surface area contributed by atoms with Gasteiger partial charge in [-0.2, -0.15) is 0 Å². The molecule has 0 aromatic heterocycles. The maximum atomic E-state index is 5.19. The van der Waals surface area contributed by atoms with Crippen LogP contribution in [0.2, 0.25) is 0 Å². The molecule has 0 aliphatic heterocycles. The predicted molar refractivity (Wildman–Crippen MR) is 237 cm³/mol. The lowest BCUT2D eigenvalue weighted by Crippen LogP contribution is -2.29. The molecule has 2 aliphatic rings. The van der Waals surface area contributed by atoms with Gasteiger partial charge in [-0.25, -0.2) is 0 Å². The molecule has 0 heterocycles. The van der Waals surface area contributed by atoms with Crippen molar-refractivity contribution < 1.29 is 0 Å². The fourth-order valence-corrected chi connectivity index (χ4v) is 7.42. The molecule has 0 bridgehead atoms. The summed E-state index contributed by atoms with van der Waals surface area (Å²) >= 11 is 0. The van der Waals surface area contributed by atoms with Gasteiger partial charge in [-0.15, -0.1) is 0 Å². The standard InChI is InChI=1S/C52H56N2/c1-7-11-16-23-40(5)50(53-6)38-51(43-24-19-14-20-25-43)54-39-41-30-32-42(33-31-41)44-34-35-45-36-48(29-18-13-9-3)52(49(45)37-44,47-27-21-15-22-28-47)46(10-4)26-17-12-8-2/h8-13,15-16,18,21-24,26-38H,4,6-7,14,17,19-20,25,39H2,1-3,5H3/b12-8-,13-9-,16-11-,29-18-,40-23+,46-26+,50-38-,54-51+. The first-order valence-corrected chi connectivity index (χ1v) is 19.5. The van der Waals surface area contributed by atoms with Gasteiger partial charge in [0.25, 0.3) is 0 Å². The number of rotatable bonds is 16. The molecule has 54 heavy (non-hydrogen) atoms. The molecule has 0 fully saturated rings. The molecule has 5 rings (SSSR count). The average Bonchev–Trinajstić information content (AvgIpc) is 3.54. The summed E-state index contributed by atoms with van der Waals surface area (Å²) in [6, 6.07) is 26.7. The SMILES string of the molecule is C=C/C(=C\C/C=C\C)C1(c2ccccc2)C(/C=C\C=C/C)=Cc2ccc(-c3ccc(C\N=C(/C=C(N=C)/C(C)=C/C=C\CC)C4=CCCCC4)cc3)cc21. The lowest BCUT2D eigenvalue weighted by Gasteiger charge is -2.36. The van der Waals surface area contributed by atoms with Crippen LogP contribution in [0.1, 0.15) is 88.5 Å². The Morgan fingerprint density at radius 2 is 1.69 bits per heavy atom. The Hall–Kier alpha value is -5.60. The van der Waals surface area contributed by atoms with Crippen LogP contribution in [0.25, 0.3) is 17.2 Å². The van der Waals surface area contributed by atoms with Crippen molar-refractivity contribution in [3.63, 3.8) is 0 Å². The second kappa shape index (κ2) is 20.0. The van der Waals surface area contributed by atoms with Crippen molar-refractivity contribution in [1.82, 2.24) is 0 Å². The molecular formula is C52H56N2. The largest absolute Gasteiger partial charge is 0.280 e. The first-order chi connectivity index (χ1) is 26.5. The molecule has 3 aromatic rings. The van der Waals surface area contributed by atoms with E-state index in [1.54, 1.807) is 0 Å². The summed E-state index contributed by atoms with van der Waals surface area (Å²) in [4.78, 5) is 9.58. The molecule has 0 radical (unpaired) electrons. The predicted octanol–water partition coefficient (Wildman–Crippen LogP) is 14.2. The first kappa shape index (κ1) is 39.6. The zero-order valence-corrected chi connectivity index (χ0v) is 32.8. The number of nitrogens with zero attached hydrogens (tertiary/aromatic N) is 2. The Bertz CT molecular complexity index is 2080. The first-order valence-electron chi connectivity index (χ1n) is 19.5. The molecule has 2 aliphatic carbocycles. The van der Waals surface area contributed by atoms with Crippen molar-refractivity contribution in [2.45, 2.75) is 78.2 Å². The van der Waals surface area contributed by atoms with E-state index in [0.717, 1.165) is 42.7 Å². The number of allylic oxidation sites excluding steroid dienone is 17. The summed E-state index contributed by atoms with van der Waals surface area (Å²) in [5, 5.41) is 0. The van der Waals surface area contributed by atoms with Crippen LogP contribution in [0.4, 0.5) is 0 Å². The van der Waals surface area contributed by atoms with E-state index in [4.69, 9.17) is 4.99 Å². The minimum Gasteiger partial charge on any atom is -0.280 e. The molecule has 1 unspecified atom stereocenters. The van der Waals surface area contributed by atoms with Gasteiger partial charge in [0.1, 0.15) is 0 Å². The summed E-state index contributed by atoms with van der Waals surface area (Å²) in [5.41, 5.74) is 13.4. The fourth-order valence-electron chi connectivity index (χ4n) is 7.42. The monoisotopic (exact) mass is 708 g/mol. The topological polar surface area (TPSA) is 24.7 Å². The highest BCUT2D eigenvalue weighted by molar-refractivity contribution is 6.09. The van der Waals surface area contributed by atoms with Gasteiger partial charge >= 0.3 is 0 Å². The Kier molecular flexibility index (Phi) is 14.7. The van der Waals surface area contributed by atoms with E-state index in [-0.39, 0.29) is 0 Å². The van der Waals surface area contributed by atoms with E-state index in [9.17, 15) is 0 Å². The minimum absolute atomic E-state index is 0.501. The van der Waals surface area contributed by atoms with E-state index >= 15 is 0 Å². The van der Waals surface area contributed by atoms with Crippen LogP contribution in [0.5, 0.6) is 0 Å². The third-order valence-corrected chi connectivity index (χ3v) is 10.3. The second-order valence-electron chi connectivity index (χ2n) is 13.8. The number of hydrogen-bond acceptors (Lipinski definition) is 2. The third-order valence-electron chi connectivity index (χ3n) is 10.3. The van der Waals surface area contributed by atoms with Crippen molar-refractivity contribution in [3.8, 4) is 11.1 Å². The van der Waals surface area contributed by atoms with Crippen molar-refractivity contribution >= 4 is 18.5 Å². The highest BCUT2D eigenvalue weighted by Crippen LogP contribution is 2.53. The third kappa shape index (κ3) is 9.30. The normalized spacial score (nSPS) is 18.5. The van der Waals surface area contributed by atoms with Crippen LogP contribution in [0.15, 0.2) is 196 Å². The minimum atomic E-state index is -0.501. The fraction of sp³-hybridized carbons (Fsp3) is 0.231. The van der Waals surface area contributed by atoms with E-state index in [0.29, 0.717) is 6.54 Å². The van der Waals surface area contributed by atoms with Crippen LogP contribution in [0, 0.1) is 0 Å². The van der Waals surface area contributed by atoms with Gasteiger partial charge in [0.05, 0.1) is 23.4 Å². The van der Waals surface area contributed by atoms with Gasteiger partial charge in [0, 0.05) is 0 Å². The highest BCUT2D eigenvalue weighted by Gasteiger charge is 2.44. The van der Waals surface area contributed by atoms with Crippen molar-refractivity contribution in [2.75, 3.05) is 0 Å². The average molecular weight is 709 g/mol. The summed E-state index contributed by atoms with van der Waals surface area (Å²) < 4.78 is 0. The lowest BCUT2D eigenvalue weighted by atomic mass is 9.65. The lowest BCUT2D eigenvalue weighted by molar-refractivity contribution is 0.717. The van der Waals surface area contributed by atoms with Gasteiger partial charge in [-0.05, 0) is 140 Å². The maximum Gasteiger partial charge on any atom is 0.0704 e. The Morgan fingerprint density at radius 1 is 0.889 bits per heavy atom. The van der Waals surface area contributed by atoms with E-state index in [2.05, 4.69) is 198 Å². The smallest absolute Gasteiger partial charge is 0.0704 e. The second-order valence-corrected chi connectivity index (χ2v) is 13.8. The molecule has 0 saturated carbocycles. The van der Waals surface area contributed by atoms with Crippen molar-refractivity contribution in [3.05, 3.63) is 209 Å². The van der Waals surface area contributed by atoms with Crippen LogP contribution in [0.3, 0.4) is 0 Å². The van der Waals surface area contributed by atoms with Gasteiger partial charge in [-0.3, -0.25) is 9.98 Å². The van der Waals surface area contributed by atoms with E-state index < -0.39 is 5.41 Å². The molecule has 0 spiro atoms. The zero-order chi connectivity index (χ0) is 38.2. The van der Waals surface area contributed by atoms with Gasteiger partial charge < -0.3 is 0 Å². The van der Waals surface area contributed by atoms with Crippen LogP contribution < -0.4 is 0 Å². The van der Waals surface area contributed by atoms with E-state index in [1.807, 2.05) is 6.08 Å². The summed E-state index contributed by atoms with van der Waals surface area (Å²) in [6.45, 7) is 17.2. The maximum absolute atomic E-state index is 5.19. The molecule has 2 nitrogen and oxygen atoms in total. The molecule has 0 saturated heterocycles. The Balaban J connectivity index is 1.54. The van der Waals surface area contributed by atoms with Crippen molar-refractivity contribution in [1.29, 1.82) is 0 Å². The van der Waals surface area contributed by atoms with E-state index in [1.165, 1.54) is 62.9 Å². The summed E-state index contributed by atoms with van der Waals surface area (Å²) in [6.07, 6.45) is 36.8. The molecule has 0 amide bonds. The van der Waals surface area contributed by atoms with Gasteiger partial charge in [0.2, 0.25) is 0 Å². The van der Waals surface area contributed by atoms with Crippen molar-refractivity contribution in [2.24, 2.45) is 9.98 Å². The quantitative estimate of drug-likeness (QED) is 0.0804. The number of benzene rings is 3. The number of aliphatic imine (C=N–C) groups is 2. The number of hydrogen-bond donors (Lipinski definition) is 0. The van der Waals surface area contributed by atoms with Gasteiger partial charge in [0.15, 0.2) is 0 Å². The molecule has 2 heteroatoms. The summed E-state index contributed by atoms with van der Waals surface area (Å²) in [7, 11) is 0. The highest BCUT2D eigenvalue weighted by atomic mass is 14.8. The molecule has 3 aromatic carbocycles. The molecule has 274 valence electrons. The molecule has 0 N–H and O–H groups in total. The number of fused-ring (bicyclic) bond motifs is 1. The van der Waals surface area contributed by atoms with Crippen LogP contribution in [-0.4, -0.2) is 12.4 Å². The Labute approximate surface area is 325 Å². The van der Waals surface area contributed by atoms with Crippen LogP contribution >= 0.6 is 0 Å². The van der Waals surface area contributed by atoms with Gasteiger partial charge in [-0.1, -0.05) is 153 Å².